The monoisotopic (exact) mass is 358 g/mol. The minimum absolute atomic E-state index is 0.189. The van der Waals surface area contributed by atoms with E-state index in [4.69, 9.17) is 0 Å². The fourth-order valence-electron chi connectivity index (χ4n) is 2.76. The molecule has 132 valence electrons. The van der Waals surface area contributed by atoms with Crippen LogP contribution in [0, 0.1) is 5.82 Å². The van der Waals surface area contributed by atoms with Gasteiger partial charge in [-0.1, -0.05) is 53.7 Å². The zero-order chi connectivity index (χ0) is 18.6. The van der Waals surface area contributed by atoms with Crippen molar-refractivity contribution in [3.63, 3.8) is 0 Å². The summed E-state index contributed by atoms with van der Waals surface area (Å²) in [5.74, 6) is -0.782. The second kappa shape index (κ2) is 7.21. The summed E-state index contributed by atoms with van der Waals surface area (Å²) < 4.78 is 14.7. The van der Waals surface area contributed by atoms with Crippen LogP contribution in [0.3, 0.4) is 0 Å². The molecule has 1 aromatic heterocycles. The Morgan fingerprint density at radius 3 is 2.15 bits per heavy atom. The van der Waals surface area contributed by atoms with Crippen LogP contribution in [0.4, 0.5) is 10.1 Å². The van der Waals surface area contributed by atoms with Crippen LogP contribution in [0.1, 0.15) is 10.5 Å². The first-order valence-corrected chi connectivity index (χ1v) is 8.36. The lowest BCUT2D eigenvalue weighted by Gasteiger charge is -2.09. The van der Waals surface area contributed by atoms with Crippen molar-refractivity contribution in [3.8, 4) is 16.9 Å². The summed E-state index contributed by atoms with van der Waals surface area (Å²) >= 11 is 0. The lowest BCUT2D eigenvalue weighted by atomic mass is 10.1. The van der Waals surface area contributed by atoms with Gasteiger partial charge in [-0.2, -0.15) is 0 Å². The van der Waals surface area contributed by atoms with Crippen LogP contribution in [-0.4, -0.2) is 20.9 Å². The van der Waals surface area contributed by atoms with Gasteiger partial charge in [-0.15, -0.1) is 5.10 Å². The molecule has 3 aromatic carbocycles. The Balaban J connectivity index is 1.77. The number of nitrogens with zero attached hydrogens (tertiary/aromatic N) is 3. The van der Waals surface area contributed by atoms with Crippen molar-refractivity contribution >= 4 is 11.6 Å². The van der Waals surface area contributed by atoms with Gasteiger partial charge in [0, 0.05) is 11.3 Å². The van der Waals surface area contributed by atoms with Crippen molar-refractivity contribution in [1.82, 2.24) is 15.0 Å². The minimum Gasteiger partial charge on any atom is -0.321 e. The van der Waals surface area contributed by atoms with E-state index in [1.807, 2.05) is 60.7 Å². The number of aromatic nitrogens is 3. The molecular weight excluding hydrogens is 343 g/mol. The number of rotatable bonds is 4. The lowest BCUT2D eigenvalue weighted by molar-refractivity contribution is 0.102. The third-order valence-corrected chi connectivity index (χ3v) is 4.04. The first-order valence-electron chi connectivity index (χ1n) is 8.36. The van der Waals surface area contributed by atoms with E-state index in [2.05, 4.69) is 15.6 Å². The average Bonchev–Trinajstić information content (AvgIpc) is 3.16. The molecule has 0 atom stereocenters. The van der Waals surface area contributed by atoms with Crippen molar-refractivity contribution < 1.29 is 9.18 Å². The number of benzene rings is 3. The summed E-state index contributed by atoms with van der Waals surface area (Å²) in [6.45, 7) is 0. The number of anilines is 1. The highest BCUT2D eigenvalue weighted by Gasteiger charge is 2.22. The van der Waals surface area contributed by atoms with Crippen LogP contribution in [0.5, 0.6) is 0 Å². The summed E-state index contributed by atoms with van der Waals surface area (Å²) in [6, 6.07) is 24.5. The summed E-state index contributed by atoms with van der Waals surface area (Å²) in [6.07, 6.45) is 0. The maximum Gasteiger partial charge on any atom is 0.278 e. The highest BCUT2D eigenvalue weighted by atomic mass is 19.1. The predicted molar refractivity (Wildman–Crippen MR) is 101 cm³/mol. The minimum atomic E-state index is -0.414. The maximum absolute atomic E-state index is 13.1. The van der Waals surface area contributed by atoms with Gasteiger partial charge < -0.3 is 5.32 Å². The number of nitrogens with one attached hydrogen (secondary N) is 1. The number of halogens is 1. The molecule has 0 saturated heterocycles. The number of hydrogen-bond acceptors (Lipinski definition) is 3. The molecular formula is C21H15FN4O. The van der Waals surface area contributed by atoms with Crippen LogP contribution in [0.25, 0.3) is 16.9 Å². The molecule has 0 radical (unpaired) electrons. The van der Waals surface area contributed by atoms with Gasteiger partial charge in [-0.05, 0) is 36.4 Å². The summed E-state index contributed by atoms with van der Waals surface area (Å²) in [7, 11) is 0. The van der Waals surface area contributed by atoms with Crippen LogP contribution >= 0.6 is 0 Å². The fraction of sp³-hybridized carbons (Fsp3) is 0. The first-order chi connectivity index (χ1) is 13.2. The topological polar surface area (TPSA) is 59.8 Å². The summed E-state index contributed by atoms with van der Waals surface area (Å²) in [5, 5.41) is 11.0. The molecule has 4 rings (SSSR count). The smallest absolute Gasteiger partial charge is 0.278 e. The van der Waals surface area contributed by atoms with Crippen LogP contribution < -0.4 is 5.32 Å². The van der Waals surface area contributed by atoms with Gasteiger partial charge in [-0.25, -0.2) is 9.07 Å². The Morgan fingerprint density at radius 2 is 1.48 bits per heavy atom. The summed E-state index contributed by atoms with van der Waals surface area (Å²) in [4.78, 5) is 12.8. The number of carbonyl (C=O) groups excluding carboxylic acids is 1. The van der Waals surface area contributed by atoms with Gasteiger partial charge in [0.2, 0.25) is 0 Å². The van der Waals surface area contributed by atoms with E-state index >= 15 is 0 Å². The highest BCUT2D eigenvalue weighted by molar-refractivity contribution is 6.06. The standard InChI is InChI=1S/C21H15FN4O/c22-16-11-13-17(14-12-16)23-21(27)19-20(15-7-3-1-4-8-15)26(25-24-19)18-9-5-2-6-10-18/h1-14H,(H,23,27). The van der Waals surface area contributed by atoms with Crippen molar-refractivity contribution in [2.45, 2.75) is 0 Å². The number of para-hydroxylation sites is 1. The van der Waals surface area contributed by atoms with Gasteiger partial charge >= 0.3 is 0 Å². The zero-order valence-corrected chi connectivity index (χ0v) is 14.2. The third kappa shape index (κ3) is 3.46. The number of carbonyl (C=O) groups is 1. The van der Waals surface area contributed by atoms with Crippen molar-refractivity contribution in [3.05, 3.63) is 96.4 Å². The van der Waals surface area contributed by atoms with Gasteiger partial charge in [-0.3, -0.25) is 4.79 Å². The lowest BCUT2D eigenvalue weighted by Crippen LogP contribution is -2.14. The van der Waals surface area contributed by atoms with Crippen molar-refractivity contribution in [1.29, 1.82) is 0 Å². The molecule has 1 amide bonds. The maximum atomic E-state index is 13.1. The average molecular weight is 358 g/mol. The molecule has 6 heteroatoms. The Morgan fingerprint density at radius 1 is 0.852 bits per heavy atom. The Hall–Kier alpha value is -3.80. The molecule has 5 nitrogen and oxygen atoms in total. The molecule has 0 bridgehead atoms. The second-order valence-corrected chi connectivity index (χ2v) is 5.86. The van der Waals surface area contributed by atoms with E-state index in [1.165, 1.54) is 24.3 Å². The van der Waals surface area contributed by atoms with Gasteiger partial charge in [0.1, 0.15) is 11.5 Å². The van der Waals surface area contributed by atoms with E-state index < -0.39 is 5.91 Å². The molecule has 0 spiro atoms. The highest BCUT2D eigenvalue weighted by Crippen LogP contribution is 2.25. The first kappa shape index (κ1) is 16.7. The molecule has 4 aromatic rings. The van der Waals surface area contributed by atoms with E-state index in [1.54, 1.807) is 4.68 Å². The van der Waals surface area contributed by atoms with E-state index in [9.17, 15) is 9.18 Å². The normalized spacial score (nSPS) is 10.6. The number of hydrogen-bond donors (Lipinski definition) is 1. The molecule has 27 heavy (non-hydrogen) atoms. The second-order valence-electron chi connectivity index (χ2n) is 5.86. The van der Waals surface area contributed by atoms with Crippen LogP contribution in [0.15, 0.2) is 84.9 Å². The largest absolute Gasteiger partial charge is 0.321 e. The molecule has 0 saturated carbocycles. The molecule has 0 unspecified atom stereocenters. The zero-order valence-electron chi connectivity index (χ0n) is 14.2. The SMILES string of the molecule is O=C(Nc1ccc(F)cc1)c1nnn(-c2ccccc2)c1-c1ccccc1. The summed E-state index contributed by atoms with van der Waals surface area (Å²) in [5.41, 5.74) is 2.87. The Kier molecular flexibility index (Phi) is 4.45. The molecule has 0 aliphatic heterocycles. The van der Waals surface area contributed by atoms with Crippen LogP contribution in [0.2, 0.25) is 0 Å². The van der Waals surface area contributed by atoms with Gasteiger partial charge in [0.15, 0.2) is 5.69 Å². The molecule has 0 aliphatic carbocycles. The van der Waals surface area contributed by atoms with Gasteiger partial charge in [0.05, 0.1) is 5.69 Å². The molecule has 1 heterocycles. The van der Waals surface area contributed by atoms with E-state index in [0.29, 0.717) is 11.4 Å². The fourth-order valence-corrected chi connectivity index (χ4v) is 2.76. The van der Waals surface area contributed by atoms with Crippen LogP contribution in [-0.2, 0) is 0 Å². The number of amides is 1. The quantitative estimate of drug-likeness (QED) is 0.591. The van der Waals surface area contributed by atoms with E-state index in [-0.39, 0.29) is 11.5 Å². The van der Waals surface area contributed by atoms with E-state index in [0.717, 1.165) is 11.3 Å². The third-order valence-electron chi connectivity index (χ3n) is 4.04. The van der Waals surface area contributed by atoms with Gasteiger partial charge in [0.25, 0.3) is 5.91 Å². The predicted octanol–water partition coefficient (Wildman–Crippen LogP) is 4.33. The molecule has 0 fully saturated rings. The van der Waals surface area contributed by atoms with Crippen molar-refractivity contribution in [2.75, 3.05) is 5.32 Å². The Bertz CT molecular complexity index is 1060. The molecule has 0 aliphatic rings. The molecule has 1 N–H and O–H groups in total. The Labute approximate surface area is 155 Å². The van der Waals surface area contributed by atoms with Crippen molar-refractivity contribution in [2.24, 2.45) is 0 Å².